The second kappa shape index (κ2) is 9.45. The maximum Gasteiger partial charge on any atom is 0.230 e. The molecule has 28 heavy (non-hydrogen) atoms. The van der Waals surface area contributed by atoms with Gasteiger partial charge in [0.05, 0.1) is 16.5 Å². The number of aryl methyl sites for hydroxylation is 1. The molecule has 146 valence electrons. The van der Waals surface area contributed by atoms with E-state index in [1.165, 1.54) is 11.8 Å². The second-order valence-electron chi connectivity index (χ2n) is 6.19. The lowest BCUT2D eigenvalue weighted by atomic mass is 10.1. The Morgan fingerprint density at radius 2 is 1.96 bits per heavy atom. The lowest BCUT2D eigenvalue weighted by Crippen LogP contribution is -2.25. The predicted molar refractivity (Wildman–Crippen MR) is 116 cm³/mol. The van der Waals surface area contributed by atoms with Gasteiger partial charge in [-0.05, 0) is 43.2 Å². The smallest absolute Gasteiger partial charge is 0.230 e. The highest BCUT2D eigenvalue weighted by molar-refractivity contribution is 7.99. The molecule has 0 aliphatic rings. The lowest BCUT2D eigenvalue weighted by molar-refractivity contribution is -0.118. The minimum absolute atomic E-state index is 0.0303. The van der Waals surface area contributed by atoms with Gasteiger partial charge in [0.1, 0.15) is 0 Å². The molecule has 0 unspecified atom stereocenters. The van der Waals surface area contributed by atoms with Crippen molar-refractivity contribution in [3.63, 3.8) is 0 Å². The molecule has 8 heteroatoms. The molecule has 0 aliphatic heterocycles. The first-order valence-corrected chi connectivity index (χ1v) is 10.6. The Morgan fingerprint density at radius 1 is 1.18 bits per heavy atom. The highest BCUT2D eigenvalue weighted by Gasteiger charge is 2.20. The zero-order valence-corrected chi connectivity index (χ0v) is 17.9. The summed E-state index contributed by atoms with van der Waals surface area (Å²) in [7, 11) is 0. The molecular weight excluding hydrogens is 415 g/mol. The van der Waals surface area contributed by atoms with Crippen LogP contribution in [0.4, 0.5) is 0 Å². The Balaban J connectivity index is 2.03. The topological polar surface area (TPSA) is 59.8 Å². The van der Waals surface area contributed by atoms with Gasteiger partial charge in [0, 0.05) is 17.1 Å². The number of para-hydroxylation sites is 1. The van der Waals surface area contributed by atoms with Crippen molar-refractivity contribution in [2.75, 3.05) is 12.3 Å². The van der Waals surface area contributed by atoms with Crippen molar-refractivity contribution in [3.8, 4) is 17.1 Å². The molecular formula is C20H20Cl2N4OS. The van der Waals surface area contributed by atoms with Crippen LogP contribution in [0.3, 0.4) is 0 Å². The van der Waals surface area contributed by atoms with Crippen LogP contribution in [-0.2, 0) is 4.79 Å². The van der Waals surface area contributed by atoms with Crippen molar-refractivity contribution in [2.24, 2.45) is 0 Å². The van der Waals surface area contributed by atoms with Gasteiger partial charge in [-0.3, -0.25) is 9.36 Å². The SMILES string of the molecule is CCCNC(=O)CSc1nnc(-c2ccc(Cl)cc2Cl)n1-c1ccccc1C. The Morgan fingerprint density at radius 3 is 2.68 bits per heavy atom. The Labute approximate surface area is 178 Å². The molecule has 0 saturated heterocycles. The Bertz CT molecular complexity index is 990. The molecule has 1 N–H and O–H groups in total. The summed E-state index contributed by atoms with van der Waals surface area (Å²) >= 11 is 13.8. The average Bonchev–Trinajstić information content (AvgIpc) is 3.08. The van der Waals surface area contributed by atoms with E-state index in [9.17, 15) is 4.79 Å². The first-order chi connectivity index (χ1) is 13.5. The molecule has 2 aromatic carbocycles. The molecule has 0 bridgehead atoms. The quantitative estimate of drug-likeness (QED) is 0.521. The van der Waals surface area contributed by atoms with E-state index in [1.54, 1.807) is 12.1 Å². The van der Waals surface area contributed by atoms with Crippen LogP contribution in [0.15, 0.2) is 47.6 Å². The number of amides is 1. The number of carbonyl (C=O) groups is 1. The lowest BCUT2D eigenvalue weighted by Gasteiger charge is -2.13. The van der Waals surface area contributed by atoms with Crippen LogP contribution in [0, 0.1) is 6.92 Å². The van der Waals surface area contributed by atoms with E-state index in [2.05, 4.69) is 15.5 Å². The molecule has 1 heterocycles. The summed E-state index contributed by atoms with van der Waals surface area (Å²) in [5, 5.41) is 13.2. The number of carbonyl (C=O) groups excluding carboxylic acids is 1. The van der Waals surface area contributed by atoms with Gasteiger partial charge < -0.3 is 5.32 Å². The largest absolute Gasteiger partial charge is 0.355 e. The number of rotatable bonds is 7. The predicted octanol–water partition coefficient (Wildman–Crippen LogP) is 5.17. The van der Waals surface area contributed by atoms with Crippen molar-refractivity contribution < 1.29 is 4.79 Å². The summed E-state index contributed by atoms with van der Waals surface area (Å²) in [4.78, 5) is 12.0. The molecule has 0 radical (unpaired) electrons. The van der Waals surface area contributed by atoms with Gasteiger partial charge in [-0.15, -0.1) is 10.2 Å². The summed E-state index contributed by atoms with van der Waals surface area (Å²) in [5.41, 5.74) is 2.72. The van der Waals surface area contributed by atoms with Crippen molar-refractivity contribution in [1.82, 2.24) is 20.1 Å². The van der Waals surface area contributed by atoms with Gasteiger partial charge in [-0.1, -0.05) is 60.1 Å². The van der Waals surface area contributed by atoms with E-state index < -0.39 is 0 Å². The normalized spacial score (nSPS) is 10.9. The van der Waals surface area contributed by atoms with E-state index in [-0.39, 0.29) is 11.7 Å². The zero-order chi connectivity index (χ0) is 20.1. The molecule has 3 rings (SSSR count). The summed E-state index contributed by atoms with van der Waals surface area (Å²) < 4.78 is 1.93. The number of nitrogens with zero attached hydrogens (tertiary/aromatic N) is 3. The fraction of sp³-hybridized carbons (Fsp3) is 0.250. The van der Waals surface area contributed by atoms with E-state index in [4.69, 9.17) is 23.2 Å². The van der Waals surface area contributed by atoms with Crippen LogP contribution < -0.4 is 5.32 Å². The van der Waals surface area contributed by atoms with Crippen LogP contribution in [0.5, 0.6) is 0 Å². The van der Waals surface area contributed by atoms with Gasteiger partial charge in [0.15, 0.2) is 11.0 Å². The van der Waals surface area contributed by atoms with Crippen LogP contribution in [0.2, 0.25) is 10.0 Å². The summed E-state index contributed by atoms with van der Waals surface area (Å²) in [5.74, 6) is 0.836. The standard InChI is InChI=1S/C20H20Cl2N4OS/c1-3-10-23-18(27)12-28-20-25-24-19(15-9-8-14(21)11-16(15)22)26(20)17-7-5-4-6-13(17)2/h4-9,11H,3,10,12H2,1-2H3,(H,23,27). The number of nitrogens with one attached hydrogen (secondary N) is 1. The molecule has 5 nitrogen and oxygen atoms in total. The maximum absolute atomic E-state index is 12.0. The second-order valence-corrected chi connectivity index (χ2v) is 7.98. The number of halogens is 2. The fourth-order valence-electron chi connectivity index (χ4n) is 2.69. The highest BCUT2D eigenvalue weighted by atomic mass is 35.5. The van der Waals surface area contributed by atoms with Gasteiger partial charge in [0.25, 0.3) is 0 Å². The van der Waals surface area contributed by atoms with Crippen LogP contribution in [-0.4, -0.2) is 33.0 Å². The van der Waals surface area contributed by atoms with Crippen LogP contribution >= 0.6 is 35.0 Å². The molecule has 0 fully saturated rings. The highest BCUT2D eigenvalue weighted by Crippen LogP contribution is 2.34. The van der Waals surface area contributed by atoms with Crippen molar-refractivity contribution in [2.45, 2.75) is 25.4 Å². The van der Waals surface area contributed by atoms with Crippen LogP contribution in [0.25, 0.3) is 17.1 Å². The summed E-state index contributed by atoms with van der Waals surface area (Å²) in [6.07, 6.45) is 0.898. The molecule has 1 aromatic heterocycles. The van der Waals surface area contributed by atoms with Crippen molar-refractivity contribution in [1.29, 1.82) is 0 Å². The fourth-order valence-corrected chi connectivity index (χ4v) is 3.95. The number of hydrogen-bond acceptors (Lipinski definition) is 4. The third-order valence-corrected chi connectivity index (χ3v) is 5.54. The number of benzene rings is 2. The van der Waals surface area contributed by atoms with Crippen molar-refractivity contribution >= 4 is 40.9 Å². The zero-order valence-electron chi connectivity index (χ0n) is 15.6. The Kier molecular flexibility index (Phi) is 6.99. The molecule has 0 spiro atoms. The van der Waals surface area contributed by atoms with Crippen LogP contribution in [0.1, 0.15) is 18.9 Å². The monoisotopic (exact) mass is 434 g/mol. The van der Waals surface area contributed by atoms with Gasteiger partial charge in [-0.2, -0.15) is 0 Å². The van der Waals surface area contributed by atoms with Gasteiger partial charge in [0.2, 0.25) is 5.91 Å². The van der Waals surface area contributed by atoms with E-state index in [0.717, 1.165) is 23.2 Å². The molecule has 1 amide bonds. The first kappa shape index (κ1) is 20.7. The third-order valence-electron chi connectivity index (χ3n) is 4.07. The maximum atomic E-state index is 12.0. The molecule has 3 aromatic rings. The first-order valence-electron chi connectivity index (χ1n) is 8.87. The summed E-state index contributed by atoms with van der Waals surface area (Å²) in [6.45, 7) is 4.70. The van der Waals surface area contributed by atoms with E-state index in [0.29, 0.717) is 27.6 Å². The van der Waals surface area contributed by atoms with Crippen molar-refractivity contribution in [3.05, 3.63) is 58.1 Å². The van der Waals surface area contributed by atoms with E-state index in [1.807, 2.05) is 48.7 Å². The van der Waals surface area contributed by atoms with Gasteiger partial charge in [-0.25, -0.2) is 0 Å². The molecule has 0 atom stereocenters. The third kappa shape index (κ3) is 4.69. The number of thioether (sulfide) groups is 1. The number of hydrogen-bond donors (Lipinski definition) is 1. The molecule has 0 aliphatic carbocycles. The molecule has 0 saturated carbocycles. The minimum atomic E-state index is -0.0303. The summed E-state index contributed by atoms with van der Waals surface area (Å²) in [6, 6.07) is 13.2. The minimum Gasteiger partial charge on any atom is -0.355 e. The van der Waals surface area contributed by atoms with E-state index >= 15 is 0 Å². The Hall–Kier alpha value is -2.02. The number of aromatic nitrogens is 3. The van der Waals surface area contributed by atoms with Gasteiger partial charge >= 0.3 is 0 Å². The average molecular weight is 435 g/mol.